The molecule has 28 heavy (non-hydrogen) atoms. The van der Waals surface area contributed by atoms with Crippen molar-refractivity contribution in [3.63, 3.8) is 0 Å². The number of aromatic nitrogens is 2. The third kappa shape index (κ3) is 2.62. The molecule has 1 saturated carbocycles. The maximum atomic E-state index is 13.1. The van der Waals surface area contributed by atoms with Crippen LogP contribution in [0.5, 0.6) is 11.5 Å². The Kier molecular flexibility index (Phi) is 3.66. The Balaban J connectivity index is 1.50. The minimum absolute atomic E-state index is 0.151. The van der Waals surface area contributed by atoms with Crippen LogP contribution in [0.4, 0.5) is 0 Å². The Morgan fingerprint density at radius 1 is 1.25 bits per heavy atom. The van der Waals surface area contributed by atoms with E-state index in [0.717, 1.165) is 11.1 Å². The van der Waals surface area contributed by atoms with Gasteiger partial charge in [-0.25, -0.2) is 4.98 Å². The number of hydrogen-bond acceptors (Lipinski definition) is 6. The Morgan fingerprint density at radius 3 is 2.82 bits per heavy atom. The number of hydrogen-bond donors (Lipinski definition) is 0. The number of amides is 1. The summed E-state index contributed by atoms with van der Waals surface area (Å²) in [6, 6.07) is 11.2. The molecular weight excluding hydrogens is 356 g/mol. The van der Waals surface area contributed by atoms with Gasteiger partial charge in [0.25, 0.3) is 0 Å². The molecule has 0 spiro atoms. The van der Waals surface area contributed by atoms with E-state index in [1.807, 2.05) is 24.3 Å². The van der Waals surface area contributed by atoms with Gasteiger partial charge in [-0.05, 0) is 48.2 Å². The van der Waals surface area contributed by atoms with Gasteiger partial charge in [-0.3, -0.25) is 9.78 Å². The molecule has 5 rings (SSSR count). The molecule has 7 nitrogen and oxygen atoms in total. The van der Waals surface area contributed by atoms with Crippen LogP contribution in [0.1, 0.15) is 35.8 Å². The lowest BCUT2D eigenvalue weighted by molar-refractivity contribution is -0.137. The molecule has 138 valence electrons. The number of carbonyl (C=O) groups is 1. The van der Waals surface area contributed by atoms with Crippen molar-refractivity contribution in [3.05, 3.63) is 72.2 Å². The summed E-state index contributed by atoms with van der Waals surface area (Å²) in [5.74, 6) is 1.74. The molecule has 2 aromatic heterocycles. The summed E-state index contributed by atoms with van der Waals surface area (Å²) in [6.07, 6.45) is 7.51. The smallest absolute Gasteiger partial charge is 0.244 e. The minimum atomic E-state index is -0.893. The van der Waals surface area contributed by atoms with Gasteiger partial charge < -0.3 is 14.1 Å². The van der Waals surface area contributed by atoms with Gasteiger partial charge >= 0.3 is 0 Å². The largest absolute Gasteiger partial charge is 0.456 e. The van der Waals surface area contributed by atoms with Gasteiger partial charge in [-0.1, -0.05) is 6.07 Å². The molecule has 2 aliphatic rings. The predicted octanol–water partition coefficient (Wildman–Crippen LogP) is 3.60. The normalized spacial score (nSPS) is 19.0. The van der Waals surface area contributed by atoms with E-state index in [1.54, 1.807) is 29.6 Å². The van der Waals surface area contributed by atoms with Crippen molar-refractivity contribution >= 4 is 5.91 Å². The van der Waals surface area contributed by atoms with Crippen molar-refractivity contribution in [2.45, 2.75) is 25.4 Å². The summed E-state index contributed by atoms with van der Waals surface area (Å²) in [6.45, 7) is 0.396. The summed E-state index contributed by atoms with van der Waals surface area (Å²) in [7, 11) is 0. The lowest BCUT2D eigenvalue weighted by atomic mass is 10.0. The lowest BCUT2D eigenvalue weighted by Crippen LogP contribution is -2.35. The Labute approximate surface area is 161 Å². The summed E-state index contributed by atoms with van der Waals surface area (Å²) >= 11 is 0. The van der Waals surface area contributed by atoms with E-state index in [0.29, 0.717) is 36.6 Å². The highest BCUT2D eigenvalue weighted by molar-refractivity contribution is 5.89. The first-order chi connectivity index (χ1) is 13.7. The molecule has 0 saturated heterocycles. The van der Waals surface area contributed by atoms with E-state index in [4.69, 9.17) is 9.15 Å². The van der Waals surface area contributed by atoms with Gasteiger partial charge in [0.1, 0.15) is 23.0 Å². The first-order valence-electron chi connectivity index (χ1n) is 9.02. The van der Waals surface area contributed by atoms with Crippen molar-refractivity contribution < 1.29 is 13.9 Å². The molecule has 1 unspecified atom stereocenters. The fourth-order valence-corrected chi connectivity index (χ4v) is 3.67. The fourth-order valence-electron chi connectivity index (χ4n) is 3.67. The quantitative estimate of drug-likeness (QED) is 0.695. The van der Waals surface area contributed by atoms with Crippen LogP contribution in [-0.2, 0) is 11.3 Å². The van der Waals surface area contributed by atoms with Crippen LogP contribution in [0.2, 0.25) is 0 Å². The molecule has 7 heteroatoms. The second kappa shape index (κ2) is 6.20. The zero-order chi connectivity index (χ0) is 19.1. The number of ether oxygens (including phenoxy) is 1. The molecule has 1 aliphatic carbocycles. The zero-order valence-electron chi connectivity index (χ0n) is 14.9. The fraction of sp³-hybridized carbons (Fsp3) is 0.238. The highest BCUT2D eigenvalue weighted by Gasteiger charge is 2.55. The molecule has 0 bridgehead atoms. The molecule has 1 aromatic carbocycles. The van der Waals surface area contributed by atoms with Crippen LogP contribution >= 0.6 is 0 Å². The van der Waals surface area contributed by atoms with Gasteiger partial charge in [0.2, 0.25) is 5.91 Å². The van der Waals surface area contributed by atoms with Crippen LogP contribution in [0.15, 0.2) is 59.7 Å². The number of rotatable bonds is 4. The van der Waals surface area contributed by atoms with Crippen molar-refractivity contribution in [1.82, 2.24) is 14.9 Å². The number of oxazole rings is 1. The van der Waals surface area contributed by atoms with Gasteiger partial charge in [0, 0.05) is 12.7 Å². The standard InChI is InChI=1S/C21H16N4O3/c22-12-21(5-6-21)20(26)25-11-14-8-15(28-16-2-1-7-23-9-16)3-4-17(14)19(25)18-10-24-13-27-18/h1-4,7-10,13,19H,5-6,11H2. The van der Waals surface area contributed by atoms with E-state index in [2.05, 4.69) is 16.0 Å². The van der Waals surface area contributed by atoms with Crippen molar-refractivity contribution in [2.24, 2.45) is 5.41 Å². The molecular formula is C21H16N4O3. The molecule has 3 heterocycles. The van der Waals surface area contributed by atoms with Gasteiger partial charge in [0.15, 0.2) is 12.2 Å². The second-order valence-corrected chi connectivity index (χ2v) is 7.08. The highest BCUT2D eigenvalue weighted by Crippen LogP contribution is 2.50. The number of nitriles is 1. The van der Waals surface area contributed by atoms with Crippen LogP contribution in [0.25, 0.3) is 0 Å². The van der Waals surface area contributed by atoms with E-state index in [-0.39, 0.29) is 11.9 Å². The van der Waals surface area contributed by atoms with Crippen LogP contribution in [0, 0.1) is 16.7 Å². The maximum Gasteiger partial charge on any atom is 0.244 e. The first-order valence-corrected chi connectivity index (χ1v) is 9.02. The van der Waals surface area contributed by atoms with E-state index in [9.17, 15) is 10.1 Å². The molecule has 0 radical (unpaired) electrons. The topological polar surface area (TPSA) is 92.2 Å². The number of carbonyl (C=O) groups excluding carboxylic acids is 1. The van der Waals surface area contributed by atoms with Gasteiger partial charge in [-0.2, -0.15) is 5.26 Å². The molecule has 1 aliphatic heterocycles. The molecule has 1 atom stereocenters. The van der Waals surface area contributed by atoms with Crippen molar-refractivity contribution in [3.8, 4) is 17.6 Å². The average Bonchev–Trinajstić information content (AvgIpc) is 3.17. The SMILES string of the molecule is N#CC1(C(=O)N2Cc3cc(Oc4cccnc4)ccc3C2c2cnco2)CC1. The summed E-state index contributed by atoms with van der Waals surface area (Å²) < 4.78 is 11.4. The Bertz CT molecular complexity index is 1070. The monoisotopic (exact) mass is 372 g/mol. The van der Waals surface area contributed by atoms with Gasteiger partial charge in [0.05, 0.1) is 18.5 Å². The summed E-state index contributed by atoms with van der Waals surface area (Å²) in [5, 5.41) is 9.47. The Hall–Kier alpha value is -3.66. The Morgan fingerprint density at radius 2 is 2.14 bits per heavy atom. The molecule has 1 fully saturated rings. The predicted molar refractivity (Wildman–Crippen MR) is 96.9 cm³/mol. The number of benzene rings is 1. The average molecular weight is 372 g/mol. The lowest BCUT2D eigenvalue weighted by Gasteiger charge is -2.25. The third-order valence-corrected chi connectivity index (χ3v) is 5.29. The van der Waals surface area contributed by atoms with Crippen molar-refractivity contribution in [1.29, 1.82) is 5.26 Å². The highest BCUT2D eigenvalue weighted by atomic mass is 16.5. The molecule has 0 N–H and O–H groups in total. The van der Waals surface area contributed by atoms with Crippen LogP contribution in [0.3, 0.4) is 0 Å². The maximum absolute atomic E-state index is 13.1. The second-order valence-electron chi connectivity index (χ2n) is 7.08. The van der Waals surface area contributed by atoms with E-state index < -0.39 is 5.41 Å². The third-order valence-electron chi connectivity index (χ3n) is 5.29. The zero-order valence-corrected chi connectivity index (χ0v) is 14.9. The van der Waals surface area contributed by atoms with E-state index in [1.165, 1.54) is 6.39 Å². The number of nitrogens with zero attached hydrogens (tertiary/aromatic N) is 4. The molecule has 3 aromatic rings. The number of fused-ring (bicyclic) bond motifs is 1. The molecule has 1 amide bonds. The van der Waals surface area contributed by atoms with Crippen LogP contribution in [-0.4, -0.2) is 20.8 Å². The summed E-state index contributed by atoms with van der Waals surface area (Å²) in [5.41, 5.74) is 1.03. The van der Waals surface area contributed by atoms with Gasteiger partial charge in [-0.15, -0.1) is 0 Å². The summed E-state index contributed by atoms with van der Waals surface area (Å²) in [4.78, 5) is 22.9. The minimum Gasteiger partial charge on any atom is -0.456 e. The van der Waals surface area contributed by atoms with E-state index >= 15 is 0 Å². The van der Waals surface area contributed by atoms with Crippen molar-refractivity contribution in [2.75, 3.05) is 0 Å². The first kappa shape index (κ1) is 16.5. The van der Waals surface area contributed by atoms with Crippen LogP contribution < -0.4 is 4.74 Å². The number of pyridine rings is 1.